The number of rotatable bonds is 7. The minimum Gasteiger partial charge on any atom is -0.457 e. The highest BCUT2D eigenvalue weighted by Gasteiger charge is 2.15. The Balaban J connectivity index is 1.89. The molecule has 1 heterocycles. The van der Waals surface area contributed by atoms with Crippen LogP contribution in [0.25, 0.3) is 10.8 Å². The molecule has 3 aromatic rings. The first-order chi connectivity index (χ1) is 13.4. The summed E-state index contributed by atoms with van der Waals surface area (Å²) in [4.78, 5) is 4.76. The van der Waals surface area contributed by atoms with Gasteiger partial charge in [-0.1, -0.05) is 65.7 Å². The van der Waals surface area contributed by atoms with Gasteiger partial charge in [0.1, 0.15) is 11.5 Å². The van der Waals surface area contributed by atoms with Crippen LogP contribution in [0.3, 0.4) is 0 Å². The number of aromatic nitrogens is 1. The van der Waals surface area contributed by atoms with Gasteiger partial charge in [0.15, 0.2) is 0 Å². The van der Waals surface area contributed by atoms with Gasteiger partial charge in [-0.05, 0) is 59.5 Å². The number of unbranched alkanes of at least 4 members (excludes halogenated alkanes) is 1. The molecule has 2 aromatic carbocycles. The molecule has 0 aliphatic heterocycles. The van der Waals surface area contributed by atoms with E-state index in [0.29, 0.717) is 5.92 Å². The van der Waals surface area contributed by atoms with Gasteiger partial charge in [0.2, 0.25) is 0 Å². The average Bonchev–Trinajstić information content (AvgIpc) is 2.68. The molecule has 0 aliphatic rings. The molecule has 0 radical (unpaired) electrons. The maximum Gasteiger partial charge on any atom is 0.128 e. The Bertz CT molecular complexity index is 906. The molecule has 0 aliphatic carbocycles. The zero-order valence-corrected chi connectivity index (χ0v) is 18.0. The third-order valence-corrected chi connectivity index (χ3v) is 5.51. The minimum atomic E-state index is 0.149. The van der Waals surface area contributed by atoms with E-state index in [2.05, 4.69) is 83.1 Å². The predicted octanol–water partition coefficient (Wildman–Crippen LogP) is 8.01. The molecular formula is C26H33NO. The number of ether oxygens (including phenoxy) is 1. The van der Waals surface area contributed by atoms with Crippen molar-refractivity contribution in [3.63, 3.8) is 0 Å². The molecule has 0 saturated carbocycles. The van der Waals surface area contributed by atoms with E-state index in [4.69, 9.17) is 9.72 Å². The van der Waals surface area contributed by atoms with E-state index in [1.165, 1.54) is 41.3 Å². The summed E-state index contributed by atoms with van der Waals surface area (Å²) in [5, 5.41) is 2.45. The molecule has 28 heavy (non-hydrogen) atoms. The van der Waals surface area contributed by atoms with E-state index in [9.17, 15) is 0 Å². The smallest absolute Gasteiger partial charge is 0.128 e. The monoisotopic (exact) mass is 375 g/mol. The Morgan fingerprint density at radius 1 is 0.929 bits per heavy atom. The molecule has 0 amide bonds. The van der Waals surface area contributed by atoms with Crippen molar-refractivity contribution in [2.45, 2.75) is 71.6 Å². The summed E-state index contributed by atoms with van der Waals surface area (Å²) in [6.07, 6.45) is 6.72. The largest absolute Gasteiger partial charge is 0.457 e. The second kappa shape index (κ2) is 8.77. The molecule has 1 unspecified atom stereocenters. The first kappa shape index (κ1) is 20.4. The third-order valence-electron chi connectivity index (χ3n) is 5.51. The lowest BCUT2D eigenvalue weighted by Crippen LogP contribution is -2.10. The number of nitrogens with zero attached hydrogens (tertiary/aromatic N) is 1. The number of hydrogen-bond donors (Lipinski definition) is 0. The molecule has 0 N–H and O–H groups in total. The van der Waals surface area contributed by atoms with Crippen molar-refractivity contribution in [1.82, 2.24) is 4.98 Å². The van der Waals surface area contributed by atoms with E-state index in [1.807, 2.05) is 6.20 Å². The maximum atomic E-state index is 6.18. The maximum absolute atomic E-state index is 6.18. The van der Waals surface area contributed by atoms with Gasteiger partial charge in [-0.2, -0.15) is 0 Å². The van der Waals surface area contributed by atoms with Crippen LogP contribution >= 0.6 is 0 Å². The highest BCUT2D eigenvalue weighted by atomic mass is 16.5. The standard InChI is InChI=1S/C26H33NO/c1-6-8-9-19(7-2)25-24-18-23(13-10-20(24)16-17-27-25)28-22-14-11-21(12-15-22)26(3,4)5/h10-19H,6-9H2,1-5H3. The fourth-order valence-electron chi connectivity index (χ4n) is 3.70. The van der Waals surface area contributed by atoms with Crippen molar-refractivity contribution in [2.24, 2.45) is 0 Å². The summed E-state index contributed by atoms with van der Waals surface area (Å²) in [7, 11) is 0. The Kier molecular flexibility index (Phi) is 6.39. The summed E-state index contributed by atoms with van der Waals surface area (Å²) in [5.41, 5.74) is 2.67. The van der Waals surface area contributed by atoms with Crippen LogP contribution in [0, 0.1) is 0 Å². The van der Waals surface area contributed by atoms with Gasteiger partial charge < -0.3 is 4.74 Å². The number of benzene rings is 2. The van der Waals surface area contributed by atoms with Gasteiger partial charge in [-0.15, -0.1) is 0 Å². The summed E-state index contributed by atoms with van der Waals surface area (Å²) >= 11 is 0. The van der Waals surface area contributed by atoms with Crippen LogP contribution in [-0.4, -0.2) is 4.98 Å². The van der Waals surface area contributed by atoms with Gasteiger partial charge >= 0.3 is 0 Å². The fourth-order valence-corrected chi connectivity index (χ4v) is 3.70. The molecule has 0 fully saturated rings. The van der Waals surface area contributed by atoms with Crippen LogP contribution in [0.4, 0.5) is 0 Å². The van der Waals surface area contributed by atoms with Crippen LogP contribution in [0.1, 0.15) is 77.5 Å². The lowest BCUT2D eigenvalue weighted by atomic mass is 9.87. The molecule has 2 nitrogen and oxygen atoms in total. The topological polar surface area (TPSA) is 22.1 Å². The van der Waals surface area contributed by atoms with Gasteiger partial charge in [0, 0.05) is 17.5 Å². The number of pyridine rings is 1. The molecule has 2 heteroatoms. The lowest BCUT2D eigenvalue weighted by molar-refractivity contribution is 0.482. The first-order valence-electron chi connectivity index (χ1n) is 10.6. The molecule has 148 valence electrons. The van der Waals surface area contributed by atoms with E-state index in [0.717, 1.165) is 17.9 Å². The van der Waals surface area contributed by atoms with Crippen molar-refractivity contribution in [1.29, 1.82) is 0 Å². The number of hydrogen-bond acceptors (Lipinski definition) is 2. The molecule has 1 aromatic heterocycles. The second-order valence-electron chi connectivity index (χ2n) is 8.70. The highest BCUT2D eigenvalue weighted by molar-refractivity contribution is 5.86. The van der Waals surface area contributed by atoms with Gasteiger partial charge in [-0.3, -0.25) is 4.98 Å². The van der Waals surface area contributed by atoms with Gasteiger partial charge in [0.25, 0.3) is 0 Å². The van der Waals surface area contributed by atoms with Crippen molar-refractivity contribution < 1.29 is 4.74 Å². The van der Waals surface area contributed by atoms with Crippen LogP contribution in [-0.2, 0) is 5.41 Å². The molecule has 0 bridgehead atoms. The van der Waals surface area contributed by atoms with E-state index in [-0.39, 0.29) is 5.41 Å². The minimum absolute atomic E-state index is 0.149. The molecule has 1 atom stereocenters. The lowest BCUT2D eigenvalue weighted by Gasteiger charge is -2.19. The van der Waals surface area contributed by atoms with E-state index in [1.54, 1.807) is 0 Å². The Morgan fingerprint density at radius 2 is 1.64 bits per heavy atom. The Morgan fingerprint density at radius 3 is 2.29 bits per heavy atom. The van der Waals surface area contributed by atoms with Crippen LogP contribution < -0.4 is 4.74 Å². The summed E-state index contributed by atoms with van der Waals surface area (Å²) < 4.78 is 6.18. The van der Waals surface area contributed by atoms with Crippen molar-refractivity contribution in [3.05, 3.63) is 66.0 Å². The molecule has 0 spiro atoms. The van der Waals surface area contributed by atoms with Crippen LogP contribution in [0.2, 0.25) is 0 Å². The number of fused-ring (bicyclic) bond motifs is 1. The quantitative estimate of drug-likeness (QED) is 0.417. The highest BCUT2D eigenvalue weighted by Crippen LogP contribution is 2.33. The second-order valence-corrected chi connectivity index (χ2v) is 8.70. The summed E-state index contributed by atoms with van der Waals surface area (Å²) in [6, 6.07) is 16.9. The van der Waals surface area contributed by atoms with E-state index < -0.39 is 0 Å². The van der Waals surface area contributed by atoms with Gasteiger partial charge in [-0.25, -0.2) is 0 Å². The first-order valence-corrected chi connectivity index (χ1v) is 10.6. The van der Waals surface area contributed by atoms with E-state index >= 15 is 0 Å². The average molecular weight is 376 g/mol. The molecular weight excluding hydrogens is 342 g/mol. The van der Waals surface area contributed by atoms with Crippen molar-refractivity contribution in [2.75, 3.05) is 0 Å². The Hall–Kier alpha value is -2.35. The summed E-state index contributed by atoms with van der Waals surface area (Å²) in [6.45, 7) is 11.2. The zero-order chi connectivity index (χ0) is 20.1. The molecule has 3 rings (SSSR count). The zero-order valence-electron chi connectivity index (χ0n) is 18.0. The Labute approximate surface area is 170 Å². The van der Waals surface area contributed by atoms with Crippen molar-refractivity contribution >= 4 is 10.8 Å². The van der Waals surface area contributed by atoms with Crippen LogP contribution in [0.5, 0.6) is 11.5 Å². The third kappa shape index (κ3) is 4.73. The SMILES string of the molecule is CCCCC(CC)c1nccc2ccc(Oc3ccc(C(C)(C)C)cc3)cc12. The predicted molar refractivity (Wildman–Crippen MR) is 120 cm³/mol. The van der Waals surface area contributed by atoms with Crippen molar-refractivity contribution in [3.8, 4) is 11.5 Å². The van der Waals surface area contributed by atoms with Crippen LogP contribution in [0.15, 0.2) is 54.7 Å². The molecule has 0 saturated heterocycles. The van der Waals surface area contributed by atoms with Gasteiger partial charge in [0.05, 0.1) is 5.69 Å². The summed E-state index contributed by atoms with van der Waals surface area (Å²) in [5.74, 6) is 2.25. The normalized spacial score (nSPS) is 12.9. The fraction of sp³-hybridized carbons (Fsp3) is 0.423.